The van der Waals surface area contributed by atoms with Crippen LogP contribution in [0.25, 0.3) is 0 Å². The maximum Gasteiger partial charge on any atom is 0.0462 e. The van der Waals surface area contributed by atoms with Gasteiger partial charge in [-0.05, 0) is 0 Å². The normalized spacial score (nSPS) is 0.500. The summed E-state index contributed by atoms with van der Waals surface area (Å²) in [6.45, 7) is 3.50. The molecule has 0 heterocycles. The van der Waals surface area contributed by atoms with Crippen LogP contribution in [0.1, 0.15) is 0 Å². The molecule has 1 radical (unpaired) electrons. The predicted octanol–water partition coefficient (Wildman–Crippen LogP) is 0.135. The van der Waals surface area contributed by atoms with Gasteiger partial charge < -0.3 is 0 Å². The third-order valence-corrected chi connectivity index (χ3v) is 0. The summed E-state index contributed by atoms with van der Waals surface area (Å²) in [7, 11) is 0. The van der Waals surface area contributed by atoms with Crippen LogP contribution in [0.4, 0.5) is 0 Å². The van der Waals surface area contributed by atoms with E-state index in [-0.39, 0.29) is 36.3 Å². The van der Waals surface area contributed by atoms with Crippen LogP contribution >= 0.6 is 0 Å². The maximum atomic E-state index is 6.50. The Morgan fingerprint density at radius 3 is 1.25 bits per heavy atom. The van der Waals surface area contributed by atoms with Crippen molar-refractivity contribution in [2.24, 2.45) is 0 Å². The van der Waals surface area contributed by atoms with E-state index in [9.17, 15) is 0 Å². The van der Waals surface area contributed by atoms with Crippen LogP contribution in [0.2, 0.25) is 0 Å². The average molecular weight is 151 g/mol. The molecule has 0 aliphatic heterocycles. The Kier molecular flexibility index (Phi) is 373. The van der Waals surface area contributed by atoms with Gasteiger partial charge in [-0.1, -0.05) is 0 Å². The molecular formula is CHCoNZn. The Labute approximate surface area is 48.3 Å². The fourth-order valence-corrected chi connectivity index (χ4v) is 0. The second kappa shape index (κ2) is 64.7. The Hall–Kier alpha value is 0.620. The minimum atomic E-state index is 0. The van der Waals surface area contributed by atoms with E-state index < -0.39 is 0 Å². The molecule has 0 N–H and O–H groups in total. The molecule has 1 nitrogen and oxygen atoms in total. The van der Waals surface area contributed by atoms with Gasteiger partial charge in [0, 0.05) is 42.8 Å². The zero-order chi connectivity index (χ0) is 2.00. The first-order valence-corrected chi connectivity index (χ1v) is 0.258. The van der Waals surface area contributed by atoms with E-state index in [0.29, 0.717) is 0 Å². The summed E-state index contributed by atoms with van der Waals surface area (Å²) in [6.07, 6.45) is 0. The summed E-state index contributed by atoms with van der Waals surface area (Å²) in [6, 6.07) is 0. The van der Waals surface area contributed by atoms with Crippen molar-refractivity contribution >= 4 is 0 Å². The number of nitrogens with zero attached hydrogens (tertiary/aromatic N) is 1. The molecule has 0 amide bonds. The van der Waals surface area contributed by atoms with Gasteiger partial charge in [-0.2, -0.15) is 0 Å². The van der Waals surface area contributed by atoms with E-state index in [1.807, 2.05) is 0 Å². The minimum absolute atomic E-state index is 0. The van der Waals surface area contributed by atoms with Crippen molar-refractivity contribution in [1.82, 2.24) is 0 Å². The molecule has 3 heteroatoms. The van der Waals surface area contributed by atoms with Crippen LogP contribution in [-0.4, -0.2) is 0 Å². The van der Waals surface area contributed by atoms with Crippen molar-refractivity contribution < 1.29 is 36.3 Å². The van der Waals surface area contributed by atoms with E-state index in [2.05, 4.69) is 6.57 Å². The van der Waals surface area contributed by atoms with Gasteiger partial charge in [0.1, 0.15) is 0 Å². The zero-order valence-corrected chi connectivity index (χ0v) is 6.07. The van der Waals surface area contributed by atoms with Gasteiger partial charge in [-0.15, -0.1) is 0 Å². The molecule has 4 heavy (non-hydrogen) atoms. The second-order valence-corrected chi connectivity index (χ2v) is 0. The van der Waals surface area contributed by atoms with Crippen LogP contribution in [0.15, 0.2) is 0 Å². The van der Waals surface area contributed by atoms with Crippen LogP contribution in [0, 0.1) is 11.8 Å². The third-order valence-electron chi connectivity index (χ3n) is 0. The van der Waals surface area contributed by atoms with Gasteiger partial charge in [-0.25, -0.2) is 5.26 Å². The van der Waals surface area contributed by atoms with Crippen molar-refractivity contribution in [1.29, 1.82) is 5.26 Å². The number of nitriles is 1. The molecule has 0 atom stereocenters. The molecule has 0 bridgehead atoms. The van der Waals surface area contributed by atoms with Gasteiger partial charge in [0.05, 0.1) is 0 Å². The molecular weight excluding hydrogens is 150 g/mol. The Morgan fingerprint density at radius 1 is 1.25 bits per heavy atom. The summed E-state index contributed by atoms with van der Waals surface area (Å²) in [5, 5.41) is 6.50. The van der Waals surface area contributed by atoms with E-state index in [0.717, 1.165) is 0 Å². The van der Waals surface area contributed by atoms with E-state index in [1.54, 1.807) is 0 Å². The molecule has 0 saturated carbocycles. The van der Waals surface area contributed by atoms with Crippen molar-refractivity contribution in [2.45, 2.75) is 0 Å². The molecule has 0 fully saturated rings. The fraction of sp³-hybridized carbons (Fsp3) is 0. The van der Waals surface area contributed by atoms with Gasteiger partial charge in [-0.3, -0.25) is 0 Å². The first-order chi connectivity index (χ1) is 1.00. The van der Waals surface area contributed by atoms with Crippen LogP contribution in [0.5, 0.6) is 0 Å². The Bertz CT molecular complexity index is 12.8. The number of rotatable bonds is 0. The van der Waals surface area contributed by atoms with Crippen LogP contribution in [0.3, 0.4) is 0 Å². The average Bonchev–Trinajstić information content (AvgIpc) is 1.00. The number of hydrogen-bond donors (Lipinski definition) is 0. The van der Waals surface area contributed by atoms with Gasteiger partial charge in [0.2, 0.25) is 0 Å². The molecule has 0 saturated heterocycles. The molecule has 0 aromatic carbocycles. The predicted molar refractivity (Wildman–Crippen MR) is 6.67 cm³/mol. The van der Waals surface area contributed by atoms with Crippen molar-refractivity contribution in [2.75, 3.05) is 0 Å². The summed E-state index contributed by atoms with van der Waals surface area (Å²) < 4.78 is 0. The molecule has 0 spiro atoms. The van der Waals surface area contributed by atoms with Gasteiger partial charge in [0.15, 0.2) is 0 Å². The smallest absolute Gasteiger partial charge is 0.0462 e. The zero-order valence-electron chi connectivity index (χ0n) is 2.07. The molecule has 0 rings (SSSR count). The van der Waals surface area contributed by atoms with Gasteiger partial charge in [0.25, 0.3) is 0 Å². The van der Waals surface area contributed by atoms with Crippen LogP contribution < -0.4 is 0 Å². The number of hydrogen-bond acceptors (Lipinski definition) is 1. The van der Waals surface area contributed by atoms with E-state index in [1.165, 1.54) is 0 Å². The second-order valence-electron chi connectivity index (χ2n) is 0. The summed E-state index contributed by atoms with van der Waals surface area (Å²) in [5.41, 5.74) is 0. The monoisotopic (exact) mass is 150 g/mol. The molecule has 0 aliphatic carbocycles. The molecule has 0 aromatic heterocycles. The Morgan fingerprint density at radius 2 is 1.25 bits per heavy atom. The summed E-state index contributed by atoms with van der Waals surface area (Å²) >= 11 is 0. The SMILES string of the molecule is C#N.[Co].[Zn]. The van der Waals surface area contributed by atoms with Crippen LogP contribution in [-0.2, 0) is 36.3 Å². The molecule has 0 aliphatic rings. The van der Waals surface area contributed by atoms with Crippen molar-refractivity contribution in [3.8, 4) is 6.57 Å². The fourth-order valence-electron chi connectivity index (χ4n) is 0. The Balaban J connectivity index is -0.00000000500. The quantitative estimate of drug-likeness (QED) is 0.452. The van der Waals surface area contributed by atoms with Crippen molar-refractivity contribution in [3.05, 3.63) is 0 Å². The van der Waals surface area contributed by atoms with Crippen molar-refractivity contribution in [3.63, 3.8) is 0 Å². The van der Waals surface area contributed by atoms with E-state index in [4.69, 9.17) is 5.26 Å². The largest absolute Gasteiger partial charge is 0.202 e. The molecule has 0 unspecified atom stereocenters. The standard InChI is InChI=1S/CHN.Co.Zn/c1-2;;/h1H;;. The summed E-state index contributed by atoms with van der Waals surface area (Å²) in [5.74, 6) is 0. The third kappa shape index (κ3) is 17.9. The first kappa shape index (κ1) is 23.1. The molecule has 0 aromatic rings. The first-order valence-electron chi connectivity index (χ1n) is 0.258. The van der Waals surface area contributed by atoms with E-state index >= 15 is 0 Å². The maximum absolute atomic E-state index is 6.50. The minimum Gasteiger partial charge on any atom is -0.202 e. The summed E-state index contributed by atoms with van der Waals surface area (Å²) in [4.78, 5) is 0. The topological polar surface area (TPSA) is 23.8 Å². The van der Waals surface area contributed by atoms with Gasteiger partial charge >= 0.3 is 0 Å². The molecule has 21 valence electrons.